The molecule has 2 aliphatic rings. The van der Waals surface area contributed by atoms with E-state index in [1.807, 2.05) is 13.8 Å². The number of carbonyl (C=O) groups excluding carboxylic acids is 1. The number of hydrogen-bond donors (Lipinski definition) is 0. The van der Waals surface area contributed by atoms with E-state index < -0.39 is 0 Å². The van der Waals surface area contributed by atoms with Gasteiger partial charge in [-0.3, -0.25) is 4.79 Å². The van der Waals surface area contributed by atoms with E-state index in [1.165, 1.54) is 32.1 Å². The summed E-state index contributed by atoms with van der Waals surface area (Å²) in [5.41, 5.74) is 0. The molecule has 2 fully saturated rings. The van der Waals surface area contributed by atoms with Gasteiger partial charge in [-0.15, -0.1) is 0 Å². The third kappa shape index (κ3) is 2.78. The molecule has 16 heavy (non-hydrogen) atoms. The smallest absolute Gasteiger partial charge is 0.308 e. The highest BCUT2D eigenvalue weighted by atomic mass is 16.5. The molecule has 0 aromatic carbocycles. The summed E-state index contributed by atoms with van der Waals surface area (Å²) in [6, 6.07) is 0. The molecular formula is C14H24O2. The molecule has 0 aliphatic heterocycles. The van der Waals surface area contributed by atoms with Crippen LogP contribution in [0.3, 0.4) is 0 Å². The van der Waals surface area contributed by atoms with Crippen molar-refractivity contribution in [1.82, 2.24) is 0 Å². The fraction of sp³-hybridized carbons (Fsp3) is 0.929. The zero-order valence-electron chi connectivity index (χ0n) is 10.6. The lowest BCUT2D eigenvalue weighted by molar-refractivity contribution is -0.156. The second-order valence-electron chi connectivity index (χ2n) is 5.83. The first-order valence-electron chi connectivity index (χ1n) is 6.87. The van der Waals surface area contributed by atoms with Crippen LogP contribution < -0.4 is 0 Å². The van der Waals surface area contributed by atoms with E-state index in [4.69, 9.17) is 4.74 Å². The maximum Gasteiger partial charge on any atom is 0.308 e. The molecule has 0 saturated heterocycles. The third-order valence-electron chi connectivity index (χ3n) is 4.25. The Morgan fingerprint density at radius 3 is 2.44 bits per heavy atom. The molecule has 2 aliphatic carbocycles. The fourth-order valence-corrected chi connectivity index (χ4v) is 3.24. The van der Waals surface area contributed by atoms with Gasteiger partial charge in [-0.2, -0.15) is 0 Å². The van der Waals surface area contributed by atoms with E-state index in [-0.39, 0.29) is 18.0 Å². The summed E-state index contributed by atoms with van der Waals surface area (Å²) >= 11 is 0. The molecule has 0 spiro atoms. The van der Waals surface area contributed by atoms with Gasteiger partial charge in [0, 0.05) is 0 Å². The van der Waals surface area contributed by atoms with Crippen molar-refractivity contribution in [3.63, 3.8) is 0 Å². The zero-order chi connectivity index (χ0) is 11.5. The van der Waals surface area contributed by atoms with Crippen LogP contribution in [0.5, 0.6) is 0 Å². The second-order valence-corrected chi connectivity index (χ2v) is 5.83. The van der Waals surface area contributed by atoms with E-state index in [0.717, 1.165) is 24.7 Å². The van der Waals surface area contributed by atoms with Crippen LogP contribution in [0, 0.1) is 17.8 Å². The normalized spacial score (nSPS) is 34.6. The van der Waals surface area contributed by atoms with Crippen molar-refractivity contribution >= 4 is 5.97 Å². The minimum absolute atomic E-state index is 0.0146. The first-order valence-corrected chi connectivity index (χ1v) is 6.87. The Labute approximate surface area is 98.7 Å². The van der Waals surface area contributed by atoms with Gasteiger partial charge in [-0.25, -0.2) is 0 Å². The van der Waals surface area contributed by atoms with Gasteiger partial charge < -0.3 is 4.74 Å². The van der Waals surface area contributed by atoms with Crippen molar-refractivity contribution in [3.8, 4) is 0 Å². The van der Waals surface area contributed by atoms with E-state index in [0.29, 0.717) is 0 Å². The van der Waals surface area contributed by atoms with Crippen LogP contribution in [-0.4, -0.2) is 12.1 Å². The molecular weight excluding hydrogens is 200 g/mol. The van der Waals surface area contributed by atoms with Gasteiger partial charge in [-0.1, -0.05) is 39.5 Å². The van der Waals surface area contributed by atoms with Crippen LogP contribution in [0.1, 0.15) is 58.8 Å². The largest absolute Gasteiger partial charge is 0.462 e. The molecule has 0 aromatic rings. The highest BCUT2D eigenvalue weighted by Gasteiger charge is 2.33. The summed E-state index contributed by atoms with van der Waals surface area (Å²) in [4.78, 5) is 11.5. The SMILES string of the molecule is CC(C)C(=O)OC1CC[C@H]2CCCC[C@@H]2C1. The Bertz CT molecular complexity index is 247. The van der Waals surface area contributed by atoms with Crippen LogP contribution in [0.25, 0.3) is 0 Å². The zero-order valence-corrected chi connectivity index (χ0v) is 10.6. The van der Waals surface area contributed by atoms with Crippen LogP contribution >= 0.6 is 0 Å². The predicted molar refractivity (Wildman–Crippen MR) is 64.0 cm³/mol. The first kappa shape index (κ1) is 11.9. The number of hydrogen-bond acceptors (Lipinski definition) is 2. The van der Waals surface area contributed by atoms with Crippen molar-refractivity contribution in [1.29, 1.82) is 0 Å². The lowest BCUT2D eigenvalue weighted by Crippen LogP contribution is -2.33. The summed E-state index contributed by atoms with van der Waals surface area (Å²) in [5.74, 6) is 1.78. The first-order chi connectivity index (χ1) is 7.66. The Morgan fingerprint density at radius 2 is 1.75 bits per heavy atom. The monoisotopic (exact) mass is 224 g/mol. The number of esters is 1. The van der Waals surface area contributed by atoms with Crippen LogP contribution in [-0.2, 0) is 9.53 Å². The highest BCUT2D eigenvalue weighted by Crippen LogP contribution is 2.41. The van der Waals surface area contributed by atoms with E-state index in [1.54, 1.807) is 0 Å². The van der Waals surface area contributed by atoms with E-state index in [2.05, 4.69) is 0 Å². The molecule has 0 N–H and O–H groups in total. The van der Waals surface area contributed by atoms with Crippen LogP contribution in [0.15, 0.2) is 0 Å². The van der Waals surface area contributed by atoms with Gasteiger partial charge in [0.2, 0.25) is 0 Å². The van der Waals surface area contributed by atoms with Gasteiger partial charge in [0.05, 0.1) is 5.92 Å². The fourth-order valence-electron chi connectivity index (χ4n) is 3.24. The van der Waals surface area contributed by atoms with Crippen molar-refractivity contribution in [2.45, 2.75) is 64.9 Å². The molecule has 2 heteroatoms. The molecule has 0 amide bonds. The predicted octanol–water partition coefficient (Wildman–Crippen LogP) is 3.54. The van der Waals surface area contributed by atoms with Crippen molar-refractivity contribution in [3.05, 3.63) is 0 Å². The lowest BCUT2D eigenvalue weighted by atomic mass is 9.70. The minimum atomic E-state index is -0.0146. The van der Waals surface area contributed by atoms with Crippen molar-refractivity contribution in [2.75, 3.05) is 0 Å². The minimum Gasteiger partial charge on any atom is -0.462 e. The molecule has 0 bridgehead atoms. The maximum atomic E-state index is 11.5. The number of carbonyl (C=O) groups is 1. The number of fused-ring (bicyclic) bond motifs is 1. The summed E-state index contributed by atoms with van der Waals surface area (Å²) in [5, 5.41) is 0. The molecule has 0 heterocycles. The maximum absolute atomic E-state index is 11.5. The molecule has 2 rings (SSSR count). The van der Waals surface area contributed by atoms with E-state index in [9.17, 15) is 4.79 Å². The average Bonchev–Trinajstić information content (AvgIpc) is 2.28. The van der Waals surface area contributed by atoms with Crippen molar-refractivity contribution < 1.29 is 9.53 Å². The molecule has 0 radical (unpaired) electrons. The quantitative estimate of drug-likeness (QED) is 0.671. The molecule has 3 atom stereocenters. The summed E-state index contributed by atoms with van der Waals surface area (Å²) < 4.78 is 5.56. The Kier molecular flexibility index (Phi) is 3.88. The van der Waals surface area contributed by atoms with E-state index >= 15 is 0 Å². The highest BCUT2D eigenvalue weighted by molar-refractivity contribution is 5.71. The Balaban J connectivity index is 1.83. The van der Waals surface area contributed by atoms with Gasteiger partial charge in [0.25, 0.3) is 0 Å². The van der Waals surface area contributed by atoms with Gasteiger partial charge in [-0.05, 0) is 31.1 Å². The lowest BCUT2D eigenvalue weighted by Gasteiger charge is -2.39. The molecule has 0 aromatic heterocycles. The Morgan fingerprint density at radius 1 is 1.06 bits per heavy atom. The number of ether oxygens (including phenoxy) is 1. The van der Waals surface area contributed by atoms with Crippen molar-refractivity contribution in [2.24, 2.45) is 17.8 Å². The molecule has 2 nitrogen and oxygen atoms in total. The standard InChI is InChI=1S/C14H24O2/c1-10(2)14(15)16-13-8-7-11-5-3-4-6-12(11)9-13/h10-13H,3-9H2,1-2H3/t11-,12-,13?/m1/s1. The number of rotatable bonds is 2. The molecule has 2 saturated carbocycles. The molecule has 1 unspecified atom stereocenters. The van der Waals surface area contributed by atoms with Crippen LogP contribution in [0.2, 0.25) is 0 Å². The van der Waals surface area contributed by atoms with Gasteiger partial charge in [0.1, 0.15) is 6.10 Å². The topological polar surface area (TPSA) is 26.3 Å². The van der Waals surface area contributed by atoms with Gasteiger partial charge in [0.15, 0.2) is 0 Å². The molecule has 92 valence electrons. The third-order valence-corrected chi connectivity index (χ3v) is 4.25. The van der Waals surface area contributed by atoms with Crippen LogP contribution in [0.4, 0.5) is 0 Å². The summed E-state index contributed by atoms with van der Waals surface area (Å²) in [6.07, 6.45) is 9.29. The second kappa shape index (κ2) is 5.20. The summed E-state index contributed by atoms with van der Waals surface area (Å²) in [7, 11) is 0. The average molecular weight is 224 g/mol. The Hall–Kier alpha value is -0.530. The summed E-state index contributed by atoms with van der Waals surface area (Å²) in [6.45, 7) is 3.82. The van der Waals surface area contributed by atoms with Gasteiger partial charge >= 0.3 is 5.97 Å².